The number of aromatic amines is 1. The lowest BCUT2D eigenvalue weighted by molar-refractivity contribution is -0.0960. The summed E-state index contributed by atoms with van der Waals surface area (Å²) in [4.78, 5) is 12.8. The van der Waals surface area contributed by atoms with Crippen LogP contribution in [-0.4, -0.2) is 23.1 Å². The molecule has 0 radical (unpaired) electrons. The van der Waals surface area contributed by atoms with Crippen molar-refractivity contribution in [1.82, 2.24) is 4.98 Å². The molecule has 0 aliphatic carbocycles. The lowest BCUT2D eigenvalue weighted by Crippen LogP contribution is -2.36. The van der Waals surface area contributed by atoms with Crippen molar-refractivity contribution in [3.8, 4) is 0 Å². The highest BCUT2D eigenvalue weighted by atomic mass is 19.3. The summed E-state index contributed by atoms with van der Waals surface area (Å²) in [5.41, 5.74) is -0.523. The van der Waals surface area contributed by atoms with E-state index in [9.17, 15) is 22.4 Å². The van der Waals surface area contributed by atoms with Crippen molar-refractivity contribution < 1.29 is 22.4 Å². The fourth-order valence-electron chi connectivity index (χ4n) is 0.750. The molecule has 0 bridgehead atoms. The second kappa shape index (κ2) is 3.20. The zero-order valence-electron chi connectivity index (χ0n) is 6.23. The van der Waals surface area contributed by atoms with Gasteiger partial charge in [-0.25, -0.2) is 8.78 Å². The molecule has 0 aliphatic heterocycles. The molecule has 0 aliphatic rings. The van der Waals surface area contributed by atoms with Crippen molar-refractivity contribution >= 4 is 5.78 Å². The Morgan fingerprint density at radius 2 is 2.08 bits per heavy atom. The number of Topliss-reactive ketones (excluding diaryl/α,β-unsaturated/α-hetero) is 1. The van der Waals surface area contributed by atoms with E-state index in [1.54, 1.807) is 0 Å². The number of ketones is 1. The molecule has 0 aromatic carbocycles. The third-order valence-corrected chi connectivity index (χ3v) is 1.42. The number of nitrogens with one attached hydrogen (secondary N) is 1. The van der Waals surface area contributed by atoms with Crippen LogP contribution < -0.4 is 0 Å². The first kappa shape index (κ1) is 9.76. The highest BCUT2D eigenvalue weighted by molar-refractivity contribution is 6.00. The van der Waals surface area contributed by atoms with E-state index in [-0.39, 0.29) is 0 Å². The van der Waals surface area contributed by atoms with Gasteiger partial charge in [-0.15, -0.1) is 0 Å². The minimum atomic E-state index is -4.62. The van der Waals surface area contributed by atoms with E-state index in [1.807, 2.05) is 0 Å². The van der Waals surface area contributed by atoms with Crippen molar-refractivity contribution in [1.29, 1.82) is 0 Å². The summed E-state index contributed by atoms with van der Waals surface area (Å²) in [7, 11) is 0. The van der Waals surface area contributed by atoms with Crippen LogP contribution in [0.2, 0.25) is 0 Å². The molecule has 13 heavy (non-hydrogen) atoms. The van der Waals surface area contributed by atoms with Crippen molar-refractivity contribution in [2.24, 2.45) is 0 Å². The van der Waals surface area contributed by atoms with Crippen molar-refractivity contribution in [3.05, 3.63) is 24.0 Å². The summed E-state index contributed by atoms with van der Waals surface area (Å²) >= 11 is 0. The molecule has 1 rings (SSSR count). The van der Waals surface area contributed by atoms with Gasteiger partial charge < -0.3 is 4.98 Å². The van der Waals surface area contributed by atoms with Crippen molar-refractivity contribution in [3.63, 3.8) is 0 Å². The molecule has 0 amide bonds. The first-order chi connectivity index (χ1) is 5.96. The standard InChI is InChI=1S/C7H5F4NO/c8-6(9)7(10,11)5(13)4-2-1-3-12-4/h1-3,6,12H. The maximum atomic E-state index is 12.4. The van der Waals surface area contributed by atoms with Crippen LogP contribution in [0, 0.1) is 0 Å². The minimum Gasteiger partial charge on any atom is -0.359 e. The highest BCUT2D eigenvalue weighted by Crippen LogP contribution is 2.26. The monoisotopic (exact) mass is 195 g/mol. The molecule has 0 spiro atoms. The number of alkyl halides is 4. The summed E-state index contributed by atoms with van der Waals surface area (Å²) in [6.45, 7) is 0. The number of carbonyl (C=O) groups excluding carboxylic acids is 1. The Labute approximate surface area is 70.6 Å². The van der Waals surface area contributed by atoms with Gasteiger partial charge in [0.1, 0.15) is 0 Å². The highest BCUT2D eigenvalue weighted by Gasteiger charge is 2.49. The number of rotatable bonds is 3. The van der Waals surface area contributed by atoms with Crippen LogP contribution in [0.3, 0.4) is 0 Å². The summed E-state index contributed by atoms with van der Waals surface area (Å²) < 4.78 is 48.1. The Morgan fingerprint density at radius 1 is 1.46 bits per heavy atom. The van der Waals surface area contributed by atoms with Gasteiger partial charge in [-0.3, -0.25) is 4.79 Å². The summed E-state index contributed by atoms with van der Waals surface area (Å²) in [5, 5.41) is 0. The zero-order valence-corrected chi connectivity index (χ0v) is 6.23. The van der Waals surface area contributed by atoms with Gasteiger partial charge in [0, 0.05) is 6.20 Å². The van der Waals surface area contributed by atoms with E-state index in [2.05, 4.69) is 4.98 Å². The average molecular weight is 195 g/mol. The fraction of sp³-hybridized carbons (Fsp3) is 0.286. The molecule has 1 aromatic heterocycles. The van der Waals surface area contributed by atoms with Crippen LogP contribution in [0.15, 0.2) is 18.3 Å². The molecular weight excluding hydrogens is 190 g/mol. The maximum absolute atomic E-state index is 12.4. The molecule has 2 nitrogen and oxygen atoms in total. The third kappa shape index (κ3) is 1.71. The van der Waals surface area contributed by atoms with Crippen LogP contribution in [0.4, 0.5) is 17.6 Å². The summed E-state index contributed by atoms with van der Waals surface area (Å²) in [6, 6.07) is 2.29. The SMILES string of the molecule is O=C(c1ccc[nH]1)C(F)(F)C(F)F. The van der Waals surface area contributed by atoms with Gasteiger partial charge in [-0.1, -0.05) is 0 Å². The Bertz CT molecular complexity index is 293. The molecule has 0 atom stereocenters. The lowest BCUT2D eigenvalue weighted by atomic mass is 10.1. The van der Waals surface area contributed by atoms with Gasteiger partial charge in [0.25, 0.3) is 5.78 Å². The van der Waals surface area contributed by atoms with E-state index in [4.69, 9.17) is 0 Å². The van der Waals surface area contributed by atoms with Crippen LogP contribution >= 0.6 is 0 Å². The molecule has 1 aromatic rings. The molecule has 0 unspecified atom stereocenters. The lowest BCUT2D eigenvalue weighted by Gasteiger charge is -2.11. The van der Waals surface area contributed by atoms with Crippen LogP contribution in [0.5, 0.6) is 0 Å². The first-order valence-electron chi connectivity index (χ1n) is 3.30. The van der Waals surface area contributed by atoms with Crippen molar-refractivity contribution in [2.75, 3.05) is 0 Å². The maximum Gasteiger partial charge on any atom is 0.370 e. The Balaban J connectivity index is 2.91. The zero-order chi connectivity index (χ0) is 10.1. The third-order valence-electron chi connectivity index (χ3n) is 1.42. The van der Waals surface area contributed by atoms with Crippen molar-refractivity contribution in [2.45, 2.75) is 12.3 Å². The van der Waals surface area contributed by atoms with Crippen LogP contribution in [0.1, 0.15) is 10.5 Å². The van der Waals surface area contributed by atoms with Gasteiger partial charge in [0.05, 0.1) is 5.69 Å². The molecule has 6 heteroatoms. The average Bonchev–Trinajstić information content (AvgIpc) is 2.54. The predicted octanol–water partition coefficient (Wildman–Crippen LogP) is 2.10. The molecule has 0 saturated carbocycles. The van der Waals surface area contributed by atoms with E-state index in [1.165, 1.54) is 12.3 Å². The molecular formula is C7H5F4NO. The number of halogens is 4. The minimum absolute atomic E-state index is 0.523. The van der Waals surface area contributed by atoms with Gasteiger partial charge in [0.2, 0.25) is 0 Å². The second-order valence-electron chi connectivity index (χ2n) is 2.34. The van der Waals surface area contributed by atoms with E-state index in [0.29, 0.717) is 0 Å². The molecule has 0 saturated heterocycles. The normalized spacial score (nSPS) is 12.1. The van der Waals surface area contributed by atoms with Crippen LogP contribution in [-0.2, 0) is 0 Å². The Morgan fingerprint density at radius 3 is 2.46 bits per heavy atom. The smallest absolute Gasteiger partial charge is 0.359 e. The molecule has 72 valence electrons. The number of carbonyl (C=O) groups is 1. The van der Waals surface area contributed by atoms with Gasteiger partial charge in [-0.2, -0.15) is 8.78 Å². The Hall–Kier alpha value is -1.33. The molecule has 1 N–H and O–H groups in total. The second-order valence-corrected chi connectivity index (χ2v) is 2.34. The van der Waals surface area contributed by atoms with Crippen LogP contribution in [0.25, 0.3) is 0 Å². The number of hydrogen-bond acceptors (Lipinski definition) is 1. The predicted molar refractivity (Wildman–Crippen MR) is 36.1 cm³/mol. The number of aromatic nitrogens is 1. The summed E-state index contributed by atoms with van der Waals surface area (Å²) in [6.07, 6.45) is -2.78. The van der Waals surface area contributed by atoms with E-state index >= 15 is 0 Å². The number of hydrogen-bond donors (Lipinski definition) is 1. The van der Waals surface area contributed by atoms with E-state index in [0.717, 1.165) is 6.07 Å². The quantitative estimate of drug-likeness (QED) is 0.581. The summed E-state index contributed by atoms with van der Waals surface area (Å²) in [5.74, 6) is -6.52. The van der Waals surface area contributed by atoms with Gasteiger partial charge >= 0.3 is 12.3 Å². The topological polar surface area (TPSA) is 32.9 Å². The van der Waals surface area contributed by atoms with E-state index < -0.39 is 23.8 Å². The first-order valence-corrected chi connectivity index (χ1v) is 3.30. The van der Waals surface area contributed by atoms with Gasteiger partial charge in [-0.05, 0) is 12.1 Å². The molecule has 0 fully saturated rings. The number of H-pyrrole nitrogens is 1. The van der Waals surface area contributed by atoms with Gasteiger partial charge in [0.15, 0.2) is 0 Å². The largest absolute Gasteiger partial charge is 0.370 e. The molecule has 1 heterocycles. The fourth-order valence-corrected chi connectivity index (χ4v) is 0.750. The Kier molecular flexibility index (Phi) is 2.40.